The summed E-state index contributed by atoms with van der Waals surface area (Å²) in [6.07, 6.45) is 3.68. The predicted molar refractivity (Wildman–Crippen MR) is 86.9 cm³/mol. The molecule has 2 rings (SSSR count). The van der Waals surface area contributed by atoms with Crippen LogP contribution in [0.1, 0.15) is 51.6 Å². The lowest BCUT2D eigenvalue weighted by Crippen LogP contribution is -2.43. The van der Waals surface area contributed by atoms with Crippen molar-refractivity contribution >= 4 is 0 Å². The highest BCUT2D eigenvalue weighted by Crippen LogP contribution is 2.25. The standard InChI is InChI=1S/C18H29FN2/c1-4-20-18(16-8-5-9-17(19)13-16)10-12-21-11-6-7-14(2)15(21)3/h5,8-9,13-15,18,20H,4,6-7,10-12H2,1-3H3. The van der Waals surface area contributed by atoms with Crippen LogP contribution in [0.5, 0.6) is 0 Å². The van der Waals surface area contributed by atoms with Gasteiger partial charge in [0, 0.05) is 18.6 Å². The average molecular weight is 292 g/mol. The van der Waals surface area contributed by atoms with Crippen LogP contribution in [0, 0.1) is 11.7 Å². The topological polar surface area (TPSA) is 15.3 Å². The number of halogens is 1. The first-order valence-electron chi connectivity index (χ1n) is 8.34. The highest BCUT2D eigenvalue weighted by Gasteiger charge is 2.25. The van der Waals surface area contributed by atoms with Gasteiger partial charge in [0.1, 0.15) is 5.82 Å². The summed E-state index contributed by atoms with van der Waals surface area (Å²) in [5.74, 6) is 0.640. The first-order chi connectivity index (χ1) is 10.1. The minimum atomic E-state index is -0.143. The summed E-state index contributed by atoms with van der Waals surface area (Å²) >= 11 is 0. The highest BCUT2D eigenvalue weighted by molar-refractivity contribution is 5.20. The van der Waals surface area contributed by atoms with Crippen molar-refractivity contribution in [3.05, 3.63) is 35.6 Å². The number of likely N-dealkylation sites (tertiary alicyclic amines) is 1. The number of piperidine rings is 1. The Hall–Kier alpha value is -0.930. The molecule has 3 heteroatoms. The third-order valence-corrected chi connectivity index (χ3v) is 4.91. The van der Waals surface area contributed by atoms with E-state index in [1.165, 1.54) is 25.5 Å². The molecule has 118 valence electrons. The number of hydrogen-bond acceptors (Lipinski definition) is 2. The van der Waals surface area contributed by atoms with Gasteiger partial charge >= 0.3 is 0 Å². The number of rotatable bonds is 6. The Morgan fingerprint density at radius 1 is 1.38 bits per heavy atom. The second-order valence-electron chi connectivity index (χ2n) is 6.35. The Balaban J connectivity index is 1.97. The van der Waals surface area contributed by atoms with Crippen LogP contribution in [0.25, 0.3) is 0 Å². The molecule has 1 fully saturated rings. The van der Waals surface area contributed by atoms with Crippen molar-refractivity contribution in [3.8, 4) is 0 Å². The van der Waals surface area contributed by atoms with Gasteiger partial charge in [-0.3, -0.25) is 0 Å². The molecule has 3 unspecified atom stereocenters. The van der Waals surface area contributed by atoms with E-state index in [0.29, 0.717) is 6.04 Å². The van der Waals surface area contributed by atoms with Crippen LogP contribution in [0.3, 0.4) is 0 Å². The van der Waals surface area contributed by atoms with Gasteiger partial charge in [0.25, 0.3) is 0 Å². The summed E-state index contributed by atoms with van der Waals surface area (Å²) in [4.78, 5) is 2.60. The Bertz CT molecular complexity index is 435. The Labute approximate surface area is 128 Å². The normalized spacial score (nSPS) is 25.0. The van der Waals surface area contributed by atoms with Crippen LogP contribution in [0.2, 0.25) is 0 Å². The lowest BCUT2D eigenvalue weighted by atomic mass is 9.91. The van der Waals surface area contributed by atoms with E-state index in [1.54, 1.807) is 12.1 Å². The van der Waals surface area contributed by atoms with E-state index in [9.17, 15) is 4.39 Å². The van der Waals surface area contributed by atoms with Gasteiger partial charge in [-0.05, 0) is 62.9 Å². The fraction of sp³-hybridized carbons (Fsp3) is 0.667. The van der Waals surface area contributed by atoms with Gasteiger partial charge in [0.05, 0.1) is 0 Å². The number of hydrogen-bond donors (Lipinski definition) is 1. The van der Waals surface area contributed by atoms with E-state index in [2.05, 4.69) is 31.0 Å². The molecule has 1 aromatic carbocycles. The first kappa shape index (κ1) is 16.4. The van der Waals surface area contributed by atoms with E-state index in [4.69, 9.17) is 0 Å². The van der Waals surface area contributed by atoms with E-state index in [1.807, 2.05) is 6.07 Å². The lowest BCUT2D eigenvalue weighted by molar-refractivity contribution is 0.109. The summed E-state index contributed by atoms with van der Waals surface area (Å²) in [6, 6.07) is 7.92. The monoisotopic (exact) mass is 292 g/mol. The third-order valence-electron chi connectivity index (χ3n) is 4.91. The van der Waals surface area contributed by atoms with Crippen molar-refractivity contribution in [1.82, 2.24) is 10.2 Å². The Morgan fingerprint density at radius 2 is 2.19 bits per heavy atom. The molecule has 3 atom stereocenters. The summed E-state index contributed by atoms with van der Waals surface area (Å²) < 4.78 is 13.4. The number of benzene rings is 1. The van der Waals surface area contributed by atoms with Crippen molar-refractivity contribution in [2.45, 2.75) is 52.1 Å². The van der Waals surface area contributed by atoms with Crippen LogP contribution in [-0.2, 0) is 0 Å². The van der Waals surface area contributed by atoms with Crippen molar-refractivity contribution in [2.24, 2.45) is 5.92 Å². The molecule has 1 N–H and O–H groups in total. The molecular formula is C18H29FN2. The molecule has 21 heavy (non-hydrogen) atoms. The second-order valence-corrected chi connectivity index (χ2v) is 6.35. The van der Waals surface area contributed by atoms with Gasteiger partial charge in [-0.1, -0.05) is 26.0 Å². The molecule has 0 amide bonds. The SMILES string of the molecule is CCNC(CCN1CCCC(C)C1C)c1cccc(F)c1. The summed E-state index contributed by atoms with van der Waals surface area (Å²) in [6.45, 7) is 10.00. The first-order valence-corrected chi connectivity index (χ1v) is 8.34. The average Bonchev–Trinajstić information content (AvgIpc) is 2.47. The van der Waals surface area contributed by atoms with Crippen LogP contribution >= 0.6 is 0 Å². The van der Waals surface area contributed by atoms with Crippen molar-refractivity contribution in [3.63, 3.8) is 0 Å². The van der Waals surface area contributed by atoms with Gasteiger partial charge in [-0.2, -0.15) is 0 Å². The molecule has 1 aromatic rings. The third kappa shape index (κ3) is 4.52. The van der Waals surface area contributed by atoms with E-state index >= 15 is 0 Å². The molecule has 1 heterocycles. The molecule has 2 nitrogen and oxygen atoms in total. The van der Waals surface area contributed by atoms with Gasteiger partial charge in [0.2, 0.25) is 0 Å². The molecule has 0 aliphatic carbocycles. The summed E-state index contributed by atoms with van der Waals surface area (Å²) in [7, 11) is 0. The maximum atomic E-state index is 13.4. The zero-order valence-corrected chi connectivity index (χ0v) is 13.6. The van der Waals surface area contributed by atoms with Gasteiger partial charge in [-0.25, -0.2) is 4.39 Å². The van der Waals surface area contributed by atoms with Gasteiger partial charge in [-0.15, -0.1) is 0 Å². The predicted octanol–water partition coefficient (Wildman–Crippen LogP) is 3.99. The molecule has 0 bridgehead atoms. The molecule has 1 aliphatic rings. The minimum absolute atomic E-state index is 0.143. The fourth-order valence-electron chi connectivity index (χ4n) is 3.39. The largest absolute Gasteiger partial charge is 0.310 e. The molecular weight excluding hydrogens is 263 g/mol. The van der Waals surface area contributed by atoms with Crippen molar-refractivity contribution in [2.75, 3.05) is 19.6 Å². The molecule has 0 radical (unpaired) electrons. The van der Waals surface area contributed by atoms with Crippen LogP contribution in [-0.4, -0.2) is 30.6 Å². The van der Waals surface area contributed by atoms with Gasteiger partial charge in [0.15, 0.2) is 0 Å². The van der Waals surface area contributed by atoms with E-state index in [0.717, 1.165) is 31.0 Å². The van der Waals surface area contributed by atoms with Crippen molar-refractivity contribution in [1.29, 1.82) is 0 Å². The molecule has 0 saturated carbocycles. The molecule has 1 aliphatic heterocycles. The zero-order valence-electron chi connectivity index (χ0n) is 13.6. The van der Waals surface area contributed by atoms with Crippen LogP contribution < -0.4 is 5.32 Å². The van der Waals surface area contributed by atoms with E-state index in [-0.39, 0.29) is 11.9 Å². The van der Waals surface area contributed by atoms with Crippen LogP contribution in [0.15, 0.2) is 24.3 Å². The second kappa shape index (κ2) is 7.90. The van der Waals surface area contributed by atoms with Gasteiger partial charge < -0.3 is 10.2 Å². The van der Waals surface area contributed by atoms with E-state index < -0.39 is 0 Å². The van der Waals surface area contributed by atoms with Crippen LogP contribution in [0.4, 0.5) is 4.39 Å². The zero-order chi connectivity index (χ0) is 15.2. The number of nitrogens with zero attached hydrogens (tertiary/aromatic N) is 1. The number of nitrogens with one attached hydrogen (secondary N) is 1. The lowest BCUT2D eigenvalue weighted by Gasteiger charge is -2.38. The highest BCUT2D eigenvalue weighted by atomic mass is 19.1. The Morgan fingerprint density at radius 3 is 2.90 bits per heavy atom. The summed E-state index contributed by atoms with van der Waals surface area (Å²) in [5.41, 5.74) is 1.06. The smallest absolute Gasteiger partial charge is 0.123 e. The molecule has 0 aromatic heterocycles. The molecule has 1 saturated heterocycles. The maximum absolute atomic E-state index is 13.4. The fourth-order valence-corrected chi connectivity index (χ4v) is 3.39. The quantitative estimate of drug-likeness (QED) is 0.853. The minimum Gasteiger partial charge on any atom is -0.310 e. The van der Waals surface area contributed by atoms with Crippen molar-refractivity contribution < 1.29 is 4.39 Å². The summed E-state index contributed by atoms with van der Waals surface area (Å²) in [5, 5.41) is 3.50. The molecule has 0 spiro atoms. The Kier molecular flexibility index (Phi) is 6.19. The maximum Gasteiger partial charge on any atom is 0.123 e.